The van der Waals surface area contributed by atoms with Crippen LogP contribution in [0.2, 0.25) is 0 Å². The first-order valence-electron chi connectivity index (χ1n) is 7.04. The van der Waals surface area contributed by atoms with Gasteiger partial charge >= 0.3 is 5.97 Å². The van der Waals surface area contributed by atoms with E-state index < -0.39 is 5.92 Å². The fraction of sp³-hybridized carbons (Fsp3) is 0.438. The van der Waals surface area contributed by atoms with Gasteiger partial charge < -0.3 is 10.1 Å². The van der Waals surface area contributed by atoms with Gasteiger partial charge in [-0.15, -0.1) is 0 Å². The second-order valence-electron chi connectivity index (χ2n) is 4.57. The first-order valence-corrected chi connectivity index (χ1v) is 7.04. The summed E-state index contributed by atoms with van der Waals surface area (Å²) < 4.78 is 4.79. The van der Waals surface area contributed by atoms with E-state index in [-0.39, 0.29) is 18.3 Å². The number of esters is 1. The first-order chi connectivity index (χ1) is 10.2. The van der Waals surface area contributed by atoms with E-state index in [0.29, 0.717) is 26.0 Å². The SMILES string of the molecule is CCOC(=O)CCCNC(=O)C(C#N)Cc1ccccc1. The van der Waals surface area contributed by atoms with Crippen LogP contribution in [0.1, 0.15) is 25.3 Å². The quantitative estimate of drug-likeness (QED) is 0.584. The van der Waals surface area contributed by atoms with Crippen LogP contribution in [0.25, 0.3) is 0 Å². The molecule has 0 fully saturated rings. The molecular weight excluding hydrogens is 268 g/mol. The van der Waals surface area contributed by atoms with E-state index >= 15 is 0 Å². The summed E-state index contributed by atoms with van der Waals surface area (Å²) in [7, 11) is 0. The Balaban J connectivity index is 2.32. The number of nitrogens with zero attached hydrogens (tertiary/aromatic N) is 1. The van der Waals surface area contributed by atoms with Crippen molar-refractivity contribution in [3.63, 3.8) is 0 Å². The van der Waals surface area contributed by atoms with Crippen molar-refractivity contribution < 1.29 is 14.3 Å². The molecule has 0 aromatic heterocycles. The van der Waals surface area contributed by atoms with Crippen LogP contribution in [0.3, 0.4) is 0 Å². The third-order valence-electron chi connectivity index (χ3n) is 2.92. The Hall–Kier alpha value is -2.35. The summed E-state index contributed by atoms with van der Waals surface area (Å²) in [6.45, 7) is 2.48. The smallest absolute Gasteiger partial charge is 0.305 e. The van der Waals surface area contributed by atoms with Gasteiger partial charge in [0.15, 0.2) is 0 Å². The van der Waals surface area contributed by atoms with Crippen LogP contribution in [0, 0.1) is 17.2 Å². The fourth-order valence-corrected chi connectivity index (χ4v) is 1.85. The summed E-state index contributed by atoms with van der Waals surface area (Å²) in [5.41, 5.74) is 0.950. The van der Waals surface area contributed by atoms with Crippen molar-refractivity contribution in [1.82, 2.24) is 5.32 Å². The highest BCUT2D eigenvalue weighted by Gasteiger charge is 2.17. The molecule has 5 nitrogen and oxygen atoms in total. The highest BCUT2D eigenvalue weighted by atomic mass is 16.5. The zero-order valence-corrected chi connectivity index (χ0v) is 12.2. The number of amides is 1. The maximum absolute atomic E-state index is 11.9. The van der Waals surface area contributed by atoms with Crippen LogP contribution < -0.4 is 5.32 Å². The molecule has 0 bridgehead atoms. The number of nitrogens with one attached hydrogen (secondary N) is 1. The molecule has 0 saturated carbocycles. The summed E-state index contributed by atoms with van der Waals surface area (Å²) in [4.78, 5) is 23.0. The molecule has 0 radical (unpaired) electrons. The molecule has 0 spiro atoms. The predicted molar refractivity (Wildman–Crippen MR) is 78.1 cm³/mol. The molecule has 0 saturated heterocycles. The Labute approximate surface area is 124 Å². The number of rotatable bonds is 8. The molecule has 0 heterocycles. The highest BCUT2D eigenvalue weighted by molar-refractivity contribution is 5.81. The van der Waals surface area contributed by atoms with E-state index in [1.54, 1.807) is 6.92 Å². The van der Waals surface area contributed by atoms with Crippen molar-refractivity contribution in [2.75, 3.05) is 13.2 Å². The second kappa shape index (κ2) is 9.54. The predicted octanol–water partition coefficient (Wildman–Crippen LogP) is 1.83. The maximum Gasteiger partial charge on any atom is 0.305 e. The van der Waals surface area contributed by atoms with Crippen molar-refractivity contribution in [3.05, 3.63) is 35.9 Å². The molecule has 0 aliphatic heterocycles. The molecule has 1 rings (SSSR count). The standard InChI is InChI=1S/C16H20N2O3/c1-2-21-15(19)9-6-10-18-16(20)14(12-17)11-13-7-4-3-5-8-13/h3-5,7-8,14H,2,6,9-11H2,1H3,(H,18,20). The third-order valence-corrected chi connectivity index (χ3v) is 2.92. The van der Waals surface area contributed by atoms with Crippen LogP contribution in [-0.2, 0) is 20.7 Å². The Morgan fingerprint density at radius 2 is 2.05 bits per heavy atom. The number of carbonyl (C=O) groups is 2. The summed E-state index contributed by atoms with van der Waals surface area (Å²) in [6, 6.07) is 11.4. The Morgan fingerprint density at radius 3 is 2.67 bits per heavy atom. The summed E-state index contributed by atoms with van der Waals surface area (Å²) in [5.74, 6) is -1.28. The van der Waals surface area contributed by atoms with Gasteiger partial charge in [-0.3, -0.25) is 9.59 Å². The summed E-state index contributed by atoms with van der Waals surface area (Å²) in [6.07, 6.45) is 1.17. The second-order valence-corrected chi connectivity index (χ2v) is 4.57. The fourth-order valence-electron chi connectivity index (χ4n) is 1.85. The van der Waals surface area contributed by atoms with E-state index in [1.165, 1.54) is 0 Å². The number of carbonyl (C=O) groups excluding carboxylic acids is 2. The minimum Gasteiger partial charge on any atom is -0.466 e. The molecule has 1 amide bonds. The summed E-state index contributed by atoms with van der Waals surface area (Å²) >= 11 is 0. The normalized spacial score (nSPS) is 11.2. The maximum atomic E-state index is 11.9. The van der Waals surface area contributed by atoms with E-state index in [2.05, 4.69) is 5.32 Å². The van der Waals surface area contributed by atoms with Gasteiger partial charge in [-0.1, -0.05) is 30.3 Å². The molecule has 21 heavy (non-hydrogen) atoms. The molecule has 1 atom stereocenters. The third kappa shape index (κ3) is 6.57. The first kappa shape index (κ1) is 16.7. The molecule has 112 valence electrons. The van der Waals surface area contributed by atoms with Crippen LogP contribution in [0.15, 0.2) is 30.3 Å². The lowest BCUT2D eigenvalue weighted by molar-refractivity contribution is -0.143. The van der Waals surface area contributed by atoms with Crippen LogP contribution >= 0.6 is 0 Å². The molecule has 1 aromatic rings. The van der Waals surface area contributed by atoms with Crippen molar-refractivity contribution in [1.29, 1.82) is 5.26 Å². The lowest BCUT2D eigenvalue weighted by Crippen LogP contribution is -2.32. The van der Waals surface area contributed by atoms with E-state index in [0.717, 1.165) is 5.56 Å². The summed E-state index contributed by atoms with van der Waals surface area (Å²) in [5, 5.41) is 11.8. The molecule has 1 N–H and O–H groups in total. The monoisotopic (exact) mass is 288 g/mol. The van der Waals surface area contributed by atoms with Gasteiger partial charge in [-0.25, -0.2) is 0 Å². The van der Waals surface area contributed by atoms with E-state index in [9.17, 15) is 9.59 Å². The molecular formula is C16H20N2O3. The van der Waals surface area contributed by atoms with Crippen molar-refractivity contribution in [3.8, 4) is 6.07 Å². The number of benzene rings is 1. The van der Waals surface area contributed by atoms with E-state index in [4.69, 9.17) is 10.00 Å². The largest absolute Gasteiger partial charge is 0.466 e. The number of ether oxygens (including phenoxy) is 1. The number of hydrogen-bond acceptors (Lipinski definition) is 4. The van der Waals surface area contributed by atoms with Gasteiger partial charge in [-0.05, 0) is 25.3 Å². The lowest BCUT2D eigenvalue weighted by Gasteiger charge is -2.10. The average Bonchev–Trinajstić information content (AvgIpc) is 2.50. The highest BCUT2D eigenvalue weighted by Crippen LogP contribution is 2.08. The Kier molecular flexibility index (Phi) is 7.59. The molecule has 1 unspecified atom stereocenters. The minimum absolute atomic E-state index is 0.268. The van der Waals surface area contributed by atoms with Gasteiger partial charge in [0.1, 0.15) is 5.92 Å². The van der Waals surface area contributed by atoms with Gasteiger partial charge in [0.25, 0.3) is 0 Å². The average molecular weight is 288 g/mol. The zero-order valence-electron chi connectivity index (χ0n) is 12.2. The zero-order chi connectivity index (χ0) is 15.5. The Bertz CT molecular complexity index is 494. The van der Waals surface area contributed by atoms with Crippen LogP contribution in [-0.4, -0.2) is 25.0 Å². The molecule has 0 aliphatic rings. The molecule has 5 heteroatoms. The Morgan fingerprint density at radius 1 is 1.33 bits per heavy atom. The van der Waals surface area contributed by atoms with Gasteiger partial charge in [0.2, 0.25) is 5.91 Å². The van der Waals surface area contributed by atoms with Gasteiger partial charge in [0.05, 0.1) is 12.7 Å². The topological polar surface area (TPSA) is 79.2 Å². The van der Waals surface area contributed by atoms with Crippen molar-refractivity contribution in [2.24, 2.45) is 5.92 Å². The van der Waals surface area contributed by atoms with E-state index in [1.807, 2.05) is 36.4 Å². The van der Waals surface area contributed by atoms with Crippen molar-refractivity contribution in [2.45, 2.75) is 26.2 Å². The van der Waals surface area contributed by atoms with Crippen LogP contribution in [0.5, 0.6) is 0 Å². The molecule has 1 aromatic carbocycles. The number of hydrogen-bond donors (Lipinski definition) is 1. The van der Waals surface area contributed by atoms with Crippen molar-refractivity contribution >= 4 is 11.9 Å². The van der Waals surface area contributed by atoms with Crippen LogP contribution in [0.4, 0.5) is 0 Å². The number of nitriles is 1. The van der Waals surface area contributed by atoms with Gasteiger partial charge in [-0.2, -0.15) is 5.26 Å². The molecule has 0 aliphatic carbocycles. The minimum atomic E-state index is -0.713. The lowest BCUT2D eigenvalue weighted by atomic mass is 10.00. The van der Waals surface area contributed by atoms with Gasteiger partial charge in [0, 0.05) is 13.0 Å².